The Morgan fingerprint density at radius 1 is 1.19 bits per heavy atom. The highest BCUT2D eigenvalue weighted by atomic mass is 16.5. The number of nitrogens with one attached hydrogen (secondary N) is 1. The minimum absolute atomic E-state index is 0.517. The zero-order valence-corrected chi connectivity index (χ0v) is 12.1. The van der Waals surface area contributed by atoms with Crippen molar-refractivity contribution in [3.05, 3.63) is 59.2 Å². The van der Waals surface area contributed by atoms with Crippen LogP contribution in [0.5, 0.6) is 0 Å². The Hall–Kier alpha value is -2.49. The van der Waals surface area contributed by atoms with Crippen LogP contribution in [0, 0.1) is 6.92 Å². The number of fused-ring (bicyclic) bond motifs is 1. The van der Waals surface area contributed by atoms with E-state index in [0.717, 1.165) is 28.9 Å². The van der Waals surface area contributed by atoms with Gasteiger partial charge in [0.1, 0.15) is 6.61 Å². The predicted octanol–water partition coefficient (Wildman–Crippen LogP) is 3.12. The van der Waals surface area contributed by atoms with Crippen LogP contribution in [0.4, 0.5) is 11.4 Å². The van der Waals surface area contributed by atoms with E-state index in [4.69, 9.17) is 10.5 Å². The average Bonchev–Trinajstić information content (AvgIpc) is 2.52. The lowest BCUT2D eigenvalue weighted by Gasteiger charge is -2.22. The van der Waals surface area contributed by atoms with Gasteiger partial charge in [-0.25, -0.2) is 4.99 Å². The number of rotatable bonds is 3. The van der Waals surface area contributed by atoms with Gasteiger partial charge < -0.3 is 15.8 Å². The first-order chi connectivity index (χ1) is 10.2. The first-order valence-electron chi connectivity index (χ1n) is 7.10. The third-order valence-electron chi connectivity index (χ3n) is 3.73. The molecule has 1 aliphatic heterocycles. The molecule has 2 aromatic carbocycles. The van der Waals surface area contributed by atoms with Crippen LogP contribution in [0.2, 0.25) is 0 Å². The van der Waals surface area contributed by atoms with E-state index >= 15 is 0 Å². The Labute approximate surface area is 124 Å². The van der Waals surface area contributed by atoms with Crippen molar-refractivity contribution in [1.82, 2.24) is 0 Å². The number of nitrogens with zero attached hydrogens (tertiary/aromatic N) is 1. The fraction of sp³-hybridized carbons (Fsp3) is 0.235. The van der Waals surface area contributed by atoms with Crippen LogP contribution in [0.3, 0.4) is 0 Å². The average molecular weight is 281 g/mol. The van der Waals surface area contributed by atoms with E-state index in [1.165, 1.54) is 5.56 Å². The van der Waals surface area contributed by atoms with Gasteiger partial charge in [-0.3, -0.25) is 0 Å². The number of nitrogens with two attached hydrogens (primary N) is 1. The summed E-state index contributed by atoms with van der Waals surface area (Å²) in [7, 11) is 0. The number of aliphatic imine (C=N–C) groups is 1. The van der Waals surface area contributed by atoms with E-state index in [9.17, 15) is 0 Å². The second kappa shape index (κ2) is 5.87. The summed E-state index contributed by atoms with van der Waals surface area (Å²) >= 11 is 0. The Bertz CT molecular complexity index is 665. The minimum Gasteiger partial charge on any atom is -0.460 e. The minimum atomic E-state index is 0.517. The van der Waals surface area contributed by atoms with Gasteiger partial charge in [0, 0.05) is 23.5 Å². The Morgan fingerprint density at radius 3 is 2.81 bits per heavy atom. The molecule has 0 aliphatic carbocycles. The molecule has 0 saturated carbocycles. The molecule has 108 valence electrons. The van der Waals surface area contributed by atoms with Crippen molar-refractivity contribution in [1.29, 1.82) is 0 Å². The number of amidine groups is 1. The first kappa shape index (κ1) is 13.5. The quantitative estimate of drug-likeness (QED) is 0.850. The van der Waals surface area contributed by atoms with E-state index in [1.807, 2.05) is 37.3 Å². The molecule has 0 bridgehead atoms. The molecule has 0 atom stereocenters. The summed E-state index contributed by atoms with van der Waals surface area (Å²) in [5.74, 6) is 0. The molecule has 1 heterocycles. The van der Waals surface area contributed by atoms with E-state index in [-0.39, 0.29) is 0 Å². The summed E-state index contributed by atoms with van der Waals surface area (Å²) in [6.07, 6.45) is 0.906. The summed E-state index contributed by atoms with van der Waals surface area (Å²) in [6, 6.07) is 14.8. The van der Waals surface area contributed by atoms with Crippen molar-refractivity contribution in [2.24, 2.45) is 4.99 Å². The van der Waals surface area contributed by atoms with Gasteiger partial charge in [0.15, 0.2) is 0 Å². The number of anilines is 2. The smallest absolute Gasteiger partial charge is 0.289 e. The Balaban J connectivity index is 1.66. The van der Waals surface area contributed by atoms with Gasteiger partial charge in [-0.05, 0) is 36.6 Å². The number of benzene rings is 2. The molecule has 2 aromatic rings. The second-order valence-corrected chi connectivity index (χ2v) is 5.14. The predicted molar refractivity (Wildman–Crippen MR) is 86.5 cm³/mol. The lowest BCUT2D eigenvalue weighted by Crippen LogP contribution is -2.24. The van der Waals surface area contributed by atoms with Gasteiger partial charge >= 0.3 is 0 Å². The third-order valence-corrected chi connectivity index (χ3v) is 3.73. The van der Waals surface area contributed by atoms with Crippen LogP contribution in [-0.4, -0.2) is 12.6 Å². The molecule has 0 radical (unpaired) electrons. The summed E-state index contributed by atoms with van der Waals surface area (Å²) < 4.78 is 5.66. The van der Waals surface area contributed by atoms with Crippen molar-refractivity contribution in [2.75, 3.05) is 17.6 Å². The summed E-state index contributed by atoms with van der Waals surface area (Å²) in [4.78, 5) is 4.48. The van der Waals surface area contributed by atoms with Gasteiger partial charge in [-0.15, -0.1) is 0 Å². The molecule has 0 spiro atoms. The number of hydrogen-bond donors (Lipinski definition) is 2. The highest BCUT2D eigenvalue weighted by Gasteiger charge is 2.17. The fourth-order valence-electron chi connectivity index (χ4n) is 2.39. The first-order valence-corrected chi connectivity index (χ1v) is 7.10. The lowest BCUT2D eigenvalue weighted by molar-refractivity contribution is 0.283. The lowest BCUT2D eigenvalue weighted by atomic mass is 10.0. The van der Waals surface area contributed by atoms with Crippen LogP contribution < -0.4 is 11.1 Å². The molecule has 1 aliphatic rings. The molecular formula is C17H19N3O. The van der Waals surface area contributed by atoms with E-state index < -0.39 is 0 Å². The zero-order valence-electron chi connectivity index (χ0n) is 12.1. The molecule has 4 nitrogen and oxygen atoms in total. The summed E-state index contributed by atoms with van der Waals surface area (Å²) in [5, 5.41) is 3.22. The van der Waals surface area contributed by atoms with Crippen LogP contribution in [0.25, 0.3) is 0 Å². The van der Waals surface area contributed by atoms with Crippen LogP contribution in [0.1, 0.15) is 16.7 Å². The van der Waals surface area contributed by atoms with Gasteiger partial charge in [0.25, 0.3) is 6.02 Å². The van der Waals surface area contributed by atoms with E-state index in [1.54, 1.807) is 0 Å². The van der Waals surface area contributed by atoms with Gasteiger partial charge in [0.05, 0.1) is 0 Å². The molecule has 4 heteroatoms. The van der Waals surface area contributed by atoms with Crippen LogP contribution in [0.15, 0.2) is 47.5 Å². The Morgan fingerprint density at radius 2 is 2.00 bits per heavy atom. The van der Waals surface area contributed by atoms with Gasteiger partial charge in [0.2, 0.25) is 0 Å². The monoisotopic (exact) mass is 281 g/mol. The Kier molecular flexibility index (Phi) is 3.77. The van der Waals surface area contributed by atoms with Crippen molar-refractivity contribution in [3.8, 4) is 0 Å². The molecule has 0 aromatic heterocycles. The highest BCUT2D eigenvalue weighted by Crippen LogP contribution is 2.28. The summed E-state index contributed by atoms with van der Waals surface area (Å²) in [6.45, 7) is 3.23. The normalized spacial score (nSPS) is 15.2. The van der Waals surface area contributed by atoms with Crippen molar-refractivity contribution >= 4 is 17.4 Å². The largest absolute Gasteiger partial charge is 0.460 e. The number of hydrogen-bond acceptors (Lipinski definition) is 3. The molecule has 3 rings (SSSR count). The maximum Gasteiger partial charge on any atom is 0.289 e. The van der Waals surface area contributed by atoms with Gasteiger partial charge in [-0.2, -0.15) is 0 Å². The second-order valence-electron chi connectivity index (χ2n) is 5.14. The molecule has 21 heavy (non-hydrogen) atoms. The van der Waals surface area contributed by atoms with Gasteiger partial charge in [-0.1, -0.05) is 30.3 Å². The molecule has 3 N–H and O–H groups in total. The number of nitrogen functional groups attached to an aromatic ring is 1. The highest BCUT2D eigenvalue weighted by molar-refractivity contribution is 5.92. The molecule has 0 saturated heterocycles. The fourth-order valence-corrected chi connectivity index (χ4v) is 2.39. The topological polar surface area (TPSA) is 59.6 Å². The molecule has 0 amide bonds. The summed E-state index contributed by atoms with van der Waals surface area (Å²) in [5.41, 5.74) is 11.2. The standard InChI is InChI=1S/C17H19N3O/c1-12-14-11-21-17(20-16(14)8-7-15(12)18)19-10-9-13-5-3-2-4-6-13/h2-8H,9-11,18H2,1H3,(H,19,20). The van der Waals surface area contributed by atoms with Crippen LogP contribution in [-0.2, 0) is 17.8 Å². The maximum absolute atomic E-state index is 5.91. The van der Waals surface area contributed by atoms with Crippen LogP contribution >= 0.6 is 0 Å². The van der Waals surface area contributed by atoms with Crippen molar-refractivity contribution in [3.63, 3.8) is 0 Å². The maximum atomic E-state index is 5.91. The van der Waals surface area contributed by atoms with Crippen molar-refractivity contribution < 1.29 is 4.74 Å². The van der Waals surface area contributed by atoms with E-state index in [2.05, 4.69) is 22.4 Å². The SMILES string of the molecule is Cc1c(N)ccc2c1COC(=NCCc1ccccc1)N2. The molecular weight excluding hydrogens is 262 g/mol. The zero-order chi connectivity index (χ0) is 14.7. The number of ether oxygens (including phenoxy) is 1. The molecule has 0 fully saturated rings. The third kappa shape index (κ3) is 2.99. The molecule has 0 unspecified atom stereocenters. The van der Waals surface area contributed by atoms with Crippen molar-refractivity contribution in [2.45, 2.75) is 20.0 Å². The van der Waals surface area contributed by atoms with E-state index in [0.29, 0.717) is 19.2 Å².